The number of ether oxygens (including phenoxy) is 4. The van der Waals surface area contributed by atoms with Crippen molar-refractivity contribution in [2.45, 2.75) is 78.1 Å². The van der Waals surface area contributed by atoms with Crippen molar-refractivity contribution in [3.8, 4) is 11.1 Å². The molecule has 0 radical (unpaired) electrons. The Kier molecular flexibility index (Phi) is 25.3. The van der Waals surface area contributed by atoms with Gasteiger partial charge in [-0.05, 0) is 67.1 Å². The quantitative estimate of drug-likeness (QED) is 0.0559. The molecule has 15 nitrogen and oxygen atoms in total. The predicted molar refractivity (Wildman–Crippen MR) is 259 cm³/mol. The number of aliphatic hydroxyl groups is 1. The number of rotatable bonds is 34. The van der Waals surface area contributed by atoms with Gasteiger partial charge in [-0.15, -0.1) is 0 Å². The highest BCUT2D eigenvalue weighted by atomic mass is 32.2. The maximum atomic E-state index is 15.1. The largest absolute Gasteiger partial charge is 0.377 e. The van der Waals surface area contributed by atoms with Gasteiger partial charge in [0.15, 0.2) is 0 Å². The van der Waals surface area contributed by atoms with Gasteiger partial charge in [-0.25, -0.2) is 8.78 Å². The second-order valence-electron chi connectivity index (χ2n) is 17.5. The summed E-state index contributed by atoms with van der Waals surface area (Å²) in [4.78, 5) is 53.5. The fourth-order valence-corrected chi connectivity index (χ4v) is 8.44. The molecule has 0 saturated heterocycles. The number of nitrogens with two attached hydrogens (primary N) is 1. The third-order valence-corrected chi connectivity index (χ3v) is 11.9. The summed E-state index contributed by atoms with van der Waals surface area (Å²) in [7, 11) is 0. The number of benzene rings is 2. The summed E-state index contributed by atoms with van der Waals surface area (Å²) < 4.78 is 53.6. The number of halogens is 2. The van der Waals surface area contributed by atoms with Gasteiger partial charge >= 0.3 is 0 Å². The highest BCUT2D eigenvalue weighted by Crippen LogP contribution is 2.41. The summed E-state index contributed by atoms with van der Waals surface area (Å²) in [5, 5.41) is 15.4. The summed E-state index contributed by atoms with van der Waals surface area (Å²) in [5.41, 5.74) is 7.97. The minimum atomic E-state index is -0.849. The molecule has 0 fully saturated rings. The van der Waals surface area contributed by atoms with Gasteiger partial charge in [0.2, 0.25) is 23.6 Å². The molecule has 2 aromatic carbocycles. The van der Waals surface area contributed by atoms with Crippen LogP contribution in [0.4, 0.5) is 8.78 Å². The molecule has 2 atom stereocenters. The van der Waals surface area contributed by atoms with Crippen LogP contribution < -0.4 is 16.4 Å². The van der Waals surface area contributed by atoms with Crippen LogP contribution in [0.2, 0.25) is 0 Å². The van der Waals surface area contributed by atoms with Crippen LogP contribution in [0.5, 0.6) is 0 Å². The van der Waals surface area contributed by atoms with Gasteiger partial charge in [0.25, 0.3) is 0 Å². The zero-order valence-corrected chi connectivity index (χ0v) is 40.8. The van der Waals surface area contributed by atoms with E-state index in [4.69, 9.17) is 24.7 Å². The minimum absolute atomic E-state index is 0.0503. The van der Waals surface area contributed by atoms with Crippen molar-refractivity contribution in [3.63, 3.8) is 0 Å². The first-order valence-corrected chi connectivity index (χ1v) is 24.7. The molecule has 0 bridgehead atoms. The minimum Gasteiger partial charge on any atom is -0.377 e. The van der Waals surface area contributed by atoms with E-state index in [1.807, 2.05) is 52.1 Å². The van der Waals surface area contributed by atoms with Gasteiger partial charge in [-0.2, -0.15) is 11.8 Å². The van der Waals surface area contributed by atoms with E-state index in [9.17, 15) is 28.7 Å². The zero-order valence-electron chi connectivity index (χ0n) is 39.9. The Balaban J connectivity index is 1.05. The first kappa shape index (κ1) is 55.9. The van der Waals surface area contributed by atoms with Crippen molar-refractivity contribution in [2.24, 2.45) is 11.1 Å². The molecule has 1 aromatic heterocycles. The lowest BCUT2D eigenvalue weighted by molar-refractivity contribution is -0.133. The summed E-state index contributed by atoms with van der Waals surface area (Å²) in [6.07, 6.45) is 7.21. The predicted octanol–water partition coefficient (Wildman–Crippen LogP) is 5.45. The Morgan fingerprint density at radius 3 is 2.07 bits per heavy atom. The van der Waals surface area contributed by atoms with Crippen LogP contribution in [0.15, 0.2) is 72.9 Å². The lowest BCUT2D eigenvalue weighted by Crippen LogP contribution is -2.44. The molecule has 1 aliphatic heterocycles. The number of nitrogens with zero attached hydrogens (tertiary/aromatic N) is 3. The van der Waals surface area contributed by atoms with Gasteiger partial charge in [-0.1, -0.05) is 57.5 Å². The number of nitrogens with one attached hydrogen (secondary N) is 2. The topological polar surface area (TPSA) is 187 Å². The molecule has 4 rings (SSSR count). The molecule has 0 aliphatic carbocycles. The molecule has 18 heteroatoms. The lowest BCUT2D eigenvalue weighted by Gasteiger charge is -2.41. The number of aromatic nitrogens is 1. The second kappa shape index (κ2) is 30.7. The average Bonchev–Trinajstić information content (AvgIpc) is 3.86. The van der Waals surface area contributed by atoms with Gasteiger partial charge in [-0.3, -0.25) is 19.2 Å². The third kappa shape index (κ3) is 20.1. The Labute approximate surface area is 404 Å². The van der Waals surface area contributed by atoms with E-state index in [1.54, 1.807) is 0 Å². The average molecular weight is 971 g/mol. The van der Waals surface area contributed by atoms with E-state index in [0.717, 1.165) is 36.2 Å². The van der Waals surface area contributed by atoms with Crippen molar-refractivity contribution in [2.75, 3.05) is 97.1 Å². The van der Waals surface area contributed by atoms with Crippen LogP contribution >= 0.6 is 11.8 Å². The Hall–Kier alpha value is -4.69. The number of carbonyl (C=O) groups is 4. The molecular weight excluding hydrogens is 899 g/mol. The normalized spacial score (nSPS) is 14.1. The van der Waals surface area contributed by atoms with Gasteiger partial charge in [0.05, 0.1) is 64.6 Å². The number of hydrogen-bond donors (Lipinski definition) is 4. The number of unbranched alkanes of at least 4 members (excludes halogenated alkanes) is 2. The summed E-state index contributed by atoms with van der Waals surface area (Å²) >= 11 is 1.38. The van der Waals surface area contributed by atoms with Crippen molar-refractivity contribution >= 4 is 35.4 Å². The fourth-order valence-electron chi connectivity index (χ4n) is 7.63. The van der Waals surface area contributed by atoms with E-state index >= 15 is 4.39 Å². The van der Waals surface area contributed by atoms with E-state index in [1.165, 1.54) is 34.9 Å². The highest BCUT2D eigenvalue weighted by Gasteiger charge is 2.37. The van der Waals surface area contributed by atoms with E-state index < -0.39 is 29.3 Å². The van der Waals surface area contributed by atoms with Crippen LogP contribution in [0.1, 0.15) is 76.6 Å². The molecule has 5 N–H and O–H groups in total. The van der Waals surface area contributed by atoms with Crippen molar-refractivity contribution in [1.29, 1.82) is 0 Å². The first-order valence-electron chi connectivity index (χ1n) is 23.6. The van der Waals surface area contributed by atoms with Crippen LogP contribution in [0.3, 0.4) is 0 Å². The molecule has 4 amide bonds. The second-order valence-corrected chi connectivity index (χ2v) is 18.6. The van der Waals surface area contributed by atoms with Crippen LogP contribution in [0, 0.1) is 17.0 Å². The standard InChI is InChI=1S/C50H72F2N6O9S/c1-50(2,3)49(43-33-39(41-34-40(51)14-15-42(41)52)36-56(43)35-38-11-6-4-7-12-38)58(23-10-19-53)48(63)37-68-32-18-45(60)55-21-25-65-27-29-67-31-30-66-28-26-64-24-20-54-44(59)13-8-5-9-22-57-46(61)16-17-47(57)62/h4,6-7,11-12,14-17,33-34,36,46,49,61H,5,8-10,13,18-32,35,37,53H2,1-3H3,(H,54,59)(H,55,60)/t46?,49-/m0/s1. The first-order chi connectivity index (χ1) is 32.8. The van der Waals surface area contributed by atoms with Crippen LogP contribution in [0.25, 0.3) is 11.1 Å². The molecule has 2 heterocycles. The van der Waals surface area contributed by atoms with Crippen molar-refractivity contribution in [3.05, 3.63) is 95.8 Å². The summed E-state index contributed by atoms with van der Waals surface area (Å²) in [6.45, 7) is 11.7. The fraction of sp³-hybridized carbons (Fsp3) is 0.560. The number of hydrogen-bond acceptors (Lipinski definition) is 11. The zero-order chi connectivity index (χ0) is 49.2. The molecule has 1 aliphatic rings. The smallest absolute Gasteiger partial charge is 0.248 e. The lowest BCUT2D eigenvalue weighted by atomic mass is 9.83. The Bertz CT molecular complexity index is 2020. The van der Waals surface area contributed by atoms with Gasteiger partial charge in [0, 0.05) is 80.4 Å². The molecular formula is C50H72F2N6O9S. The van der Waals surface area contributed by atoms with Crippen LogP contribution in [-0.2, 0) is 44.7 Å². The molecule has 68 heavy (non-hydrogen) atoms. The summed E-state index contributed by atoms with van der Waals surface area (Å²) in [5.74, 6) is -0.968. The Morgan fingerprint density at radius 2 is 1.47 bits per heavy atom. The number of amides is 4. The monoisotopic (exact) mass is 971 g/mol. The molecule has 0 spiro atoms. The van der Waals surface area contributed by atoms with Crippen LogP contribution in [-0.4, -0.2) is 146 Å². The highest BCUT2D eigenvalue weighted by molar-refractivity contribution is 7.99. The maximum absolute atomic E-state index is 15.1. The van der Waals surface area contributed by atoms with Crippen molar-refractivity contribution < 1.29 is 52.0 Å². The van der Waals surface area contributed by atoms with E-state index in [0.29, 0.717) is 123 Å². The number of aliphatic hydroxyl groups excluding tert-OH is 1. The number of carbonyl (C=O) groups excluding carboxylic acids is 4. The number of thioether (sulfide) groups is 1. The van der Waals surface area contributed by atoms with Crippen molar-refractivity contribution in [1.82, 2.24) is 25.0 Å². The summed E-state index contributed by atoms with van der Waals surface area (Å²) in [6, 6.07) is 14.7. The molecule has 1 unspecified atom stereocenters. The van der Waals surface area contributed by atoms with Gasteiger partial charge in [0.1, 0.15) is 17.9 Å². The maximum Gasteiger partial charge on any atom is 0.248 e. The van der Waals surface area contributed by atoms with Gasteiger partial charge < -0.3 is 54.8 Å². The molecule has 0 saturated carbocycles. The van der Waals surface area contributed by atoms with E-state index in [2.05, 4.69) is 31.4 Å². The molecule has 376 valence electrons. The molecule has 3 aromatic rings. The van der Waals surface area contributed by atoms with E-state index in [-0.39, 0.29) is 41.4 Å². The Morgan fingerprint density at radius 1 is 0.838 bits per heavy atom. The SMILES string of the molecule is CC(C)(C)[C@H](c1cc(-c2cc(F)ccc2F)cn1Cc1ccccc1)N(CCCN)C(=O)CSCCC(=O)NCCOCCOCCOCCOCCNC(=O)CCCCCN1C(=O)C=CC1O. The third-order valence-electron chi connectivity index (χ3n) is 11.0.